The fraction of sp³-hybridized carbons (Fsp3) is 0.364. The van der Waals surface area contributed by atoms with E-state index in [-0.39, 0.29) is 0 Å². The van der Waals surface area contributed by atoms with Crippen LogP contribution < -0.4 is 4.74 Å². The van der Waals surface area contributed by atoms with Gasteiger partial charge in [-0.05, 0) is 43.6 Å². The molecule has 1 fully saturated rings. The van der Waals surface area contributed by atoms with Crippen molar-refractivity contribution in [3.63, 3.8) is 0 Å². The Morgan fingerprint density at radius 3 is 2.70 bits per heavy atom. The highest BCUT2D eigenvalue weighted by atomic mass is 16.5. The van der Waals surface area contributed by atoms with Crippen molar-refractivity contribution in [3.05, 3.63) is 77.4 Å². The van der Waals surface area contributed by atoms with Gasteiger partial charge in [0.05, 0.1) is 18.5 Å². The van der Waals surface area contributed by atoms with Gasteiger partial charge in [0.2, 0.25) is 0 Å². The van der Waals surface area contributed by atoms with E-state index in [9.17, 15) is 0 Å². The van der Waals surface area contributed by atoms with Gasteiger partial charge in [0, 0.05) is 36.8 Å². The molecule has 3 aromatic rings. The largest absolute Gasteiger partial charge is 0.497 e. The van der Waals surface area contributed by atoms with Crippen molar-refractivity contribution in [2.45, 2.75) is 31.7 Å². The van der Waals surface area contributed by atoms with Crippen LogP contribution in [0.3, 0.4) is 0 Å². The smallest absolute Gasteiger partial charge is 0.122 e. The number of benzene rings is 1. The number of aromatic nitrogens is 3. The minimum atomic E-state index is 0.542. The van der Waals surface area contributed by atoms with E-state index in [2.05, 4.69) is 56.5 Å². The highest BCUT2D eigenvalue weighted by Crippen LogP contribution is 2.28. The van der Waals surface area contributed by atoms with Gasteiger partial charge in [-0.15, -0.1) is 0 Å². The molecule has 140 valence electrons. The van der Waals surface area contributed by atoms with E-state index in [1.165, 1.54) is 17.0 Å². The maximum Gasteiger partial charge on any atom is 0.122 e. The second-order valence-corrected chi connectivity index (χ2v) is 7.22. The standard InChI is InChI=1S/C22H26N4O/c1-27-21-7-10-23-20(14-21)16-26-11-8-18(9-12-26)22-15-19(24-25-22)13-17-5-3-2-4-6-17/h2-7,10,14-15,18H,8-9,11-13,16H2,1H3,(H,24,25). The summed E-state index contributed by atoms with van der Waals surface area (Å²) >= 11 is 0. The fourth-order valence-electron chi connectivity index (χ4n) is 3.78. The summed E-state index contributed by atoms with van der Waals surface area (Å²) in [4.78, 5) is 6.93. The second-order valence-electron chi connectivity index (χ2n) is 7.22. The first-order valence-corrected chi connectivity index (χ1v) is 9.59. The number of methoxy groups -OCH3 is 1. The predicted octanol–water partition coefficient (Wildman–Crippen LogP) is 3.78. The molecular weight excluding hydrogens is 336 g/mol. The molecule has 1 aromatic carbocycles. The van der Waals surface area contributed by atoms with E-state index in [1.54, 1.807) is 7.11 Å². The first-order valence-electron chi connectivity index (χ1n) is 9.59. The lowest BCUT2D eigenvalue weighted by molar-refractivity contribution is 0.201. The Morgan fingerprint density at radius 1 is 1.11 bits per heavy atom. The molecule has 1 N–H and O–H groups in total. The summed E-state index contributed by atoms with van der Waals surface area (Å²) in [7, 11) is 1.69. The molecular formula is C22H26N4O. The van der Waals surface area contributed by atoms with Crippen LogP contribution in [0.5, 0.6) is 5.75 Å². The van der Waals surface area contributed by atoms with Gasteiger partial charge in [-0.3, -0.25) is 15.0 Å². The molecule has 0 radical (unpaired) electrons. The van der Waals surface area contributed by atoms with Gasteiger partial charge in [-0.2, -0.15) is 5.10 Å². The lowest BCUT2D eigenvalue weighted by atomic mass is 9.93. The number of pyridine rings is 1. The monoisotopic (exact) mass is 362 g/mol. The molecule has 1 saturated heterocycles. The highest BCUT2D eigenvalue weighted by molar-refractivity contribution is 5.24. The first-order chi connectivity index (χ1) is 13.3. The zero-order valence-corrected chi connectivity index (χ0v) is 15.8. The van der Waals surface area contributed by atoms with Crippen molar-refractivity contribution in [2.75, 3.05) is 20.2 Å². The number of rotatable bonds is 6. The molecule has 3 heterocycles. The summed E-state index contributed by atoms with van der Waals surface area (Å²) in [6.07, 6.45) is 5.01. The van der Waals surface area contributed by atoms with Gasteiger partial charge in [0.25, 0.3) is 0 Å². The highest BCUT2D eigenvalue weighted by Gasteiger charge is 2.23. The minimum Gasteiger partial charge on any atom is -0.497 e. The molecule has 0 aliphatic carbocycles. The van der Waals surface area contributed by atoms with Crippen LogP contribution in [0.15, 0.2) is 54.7 Å². The van der Waals surface area contributed by atoms with Crippen molar-refractivity contribution in [3.8, 4) is 5.75 Å². The maximum absolute atomic E-state index is 5.29. The third-order valence-electron chi connectivity index (χ3n) is 5.30. The zero-order chi connectivity index (χ0) is 18.5. The van der Waals surface area contributed by atoms with Crippen molar-refractivity contribution in [2.24, 2.45) is 0 Å². The van der Waals surface area contributed by atoms with Gasteiger partial charge in [-0.1, -0.05) is 30.3 Å². The van der Waals surface area contributed by atoms with Crippen molar-refractivity contribution in [1.29, 1.82) is 0 Å². The van der Waals surface area contributed by atoms with Crippen molar-refractivity contribution < 1.29 is 4.74 Å². The predicted molar refractivity (Wildman–Crippen MR) is 106 cm³/mol. The van der Waals surface area contributed by atoms with Crippen LogP contribution in [0, 0.1) is 0 Å². The van der Waals surface area contributed by atoms with E-state index < -0.39 is 0 Å². The maximum atomic E-state index is 5.29. The van der Waals surface area contributed by atoms with Crippen LogP contribution in [0.1, 0.15) is 41.4 Å². The van der Waals surface area contributed by atoms with Gasteiger partial charge >= 0.3 is 0 Å². The lowest BCUT2D eigenvalue weighted by Crippen LogP contribution is -2.32. The third-order valence-corrected chi connectivity index (χ3v) is 5.30. The molecule has 0 bridgehead atoms. The van der Waals surface area contributed by atoms with E-state index in [0.29, 0.717) is 5.92 Å². The summed E-state index contributed by atoms with van der Waals surface area (Å²) < 4.78 is 5.29. The summed E-state index contributed by atoms with van der Waals surface area (Å²) in [5.41, 5.74) is 4.78. The van der Waals surface area contributed by atoms with Gasteiger partial charge in [0.1, 0.15) is 5.75 Å². The Bertz CT molecular complexity index is 854. The first kappa shape index (κ1) is 17.7. The SMILES string of the molecule is COc1ccnc(CN2CCC(c3cc(Cc4ccccc4)[nH]n3)CC2)c1. The zero-order valence-electron chi connectivity index (χ0n) is 15.8. The molecule has 2 aromatic heterocycles. The van der Waals surface area contributed by atoms with E-state index in [0.717, 1.165) is 50.3 Å². The molecule has 0 amide bonds. The molecule has 4 rings (SSSR count). The van der Waals surface area contributed by atoms with Crippen molar-refractivity contribution in [1.82, 2.24) is 20.1 Å². The number of nitrogens with one attached hydrogen (secondary N) is 1. The molecule has 1 aliphatic rings. The quantitative estimate of drug-likeness (QED) is 0.725. The Kier molecular flexibility index (Phi) is 5.49. The normalized spacial score (nSPS) is 15.7. The number of hydrogen-bond acceptors (Lipinski definition) is 4. The number of piperidine rings is 1. The van der Waals surface area contributed by atoms with Crippen LogP contribution in [-0.2, 0) is 13.0 Å². The Hall–Kier alpha value is -2.66. The number of hydrogen-bond donors (Lipinski definition) is 1. The molecule has 27 heavy (non-hydrogen) atoms. The minimum absolute atomic E-state index is 0.542. The molecule has 5 nitrogen and oxygen atoms in total. The van der Waals surface area contributed by atoms with E-state index >= 15 is 0 Å². The summed E-state index contributed by atoms with van der Waals surface area (Å²) in [5.74, 6) is 1.41. The van der Waals surface area contributed by atoms with E-state index in [4.69, 9.17) is 4.74 Å². The number of nitrogens with zero attached hydrogens (tertiary/aromatic N) is 3. The van der Waals surface area contributed by atoms with Crippen LogP contribution in [0.25, 0.3) is 0 Å². The number of likely N-dealkylation sites (tertiary alicyclic amines) is 1. The Morgan fingerprint density at radius 2 is 1.93 bits per heavy atom. The van der Waals surface area contributed by atoms with Gasteiger partial charge in [0.15, 0.2) is 0 Å². The fourth-order valence-corrected chi connectivity index (χ4v) is 3.78. The van der Waals surface area contributed by atoms with Crippen LogP contribution in [-0.4, -0.2) is 40.3 Å². The third kappa shape index (κ3) is 4.55. The summed E-state index contributed by atoms with van der Waals surface area (Å²) in [5, 5.41) is 7.82. The molecule has 0 unspecified atom stereocenters. The Labute approximate surface area is 160 Å². The Balaban J connectivity index is 1.31. The molecule has 1 aliphatic heterocycles. The van der Waals surface area contributed by atoms with E-state index in [1.807, 2.05) is 18.3 Å². The number of aromatic amines is 1. The lowest BCUT2D eigenvalue weighted by Gasteiger charge is -2.30. The average Bonchev–Trinajstić information content (AvgIpc) is 3.18. The molecule has 0 atom stereocenters. The second kappa shape index (κ2) is 8.35. The molecule has 0 saturated carbocycles. The topological polar surface area (TPSA) is 54.0 Å². The molecule has 0 spiro atoms. The van der Waals surface area contributed by atoms with Crippen molar-refractivity contribution >= 4 is 0 Å². The van der Waals surface area contributed by atoms with Gasteiger partial charge in [-0.25, -0.2) is 0 Å². The molecule has 5 heteroatoms. The number of ether oxygens (including phenoxy) is 1. The van der Waals surface area contributed by atoms with Gasteiger partial charge < -0.3 is 4.74 Å². The van der Waals surface area contributed by atoms with Crippen LogP contribution in [0.2, 0.25) is 0 Å². The van der Waals surface area contributed by atoms with Crippen LogP contribution >= 0.6 is 0 Å². The number of H-pyrrole nitrogens is 1. The summed E-state index contributed by atoms with van der Waals surface area (Å²) in [6.45, 7) is 3.03. The average molecular weight is 362 g/mol. The summed E-state index contributed by atoms with van der Waals surface area (Å²) in [6, 6.07) is 16.7. The van der Waals surface area contributed by atoms with Crippen LogP contribution in [0.4, 0.5) is 0 Å².